The highest BCUT2D eigenvalue weighted by Gasteiger charge is 2.29. The number of nitrogens with zero attached hydrogens (tertiary/aromatic N) is 3. The average molecular weight is 398 g/mol. The van der Waals surface area contributed by atoms with Gasteiger partial charge in [-0.3, -0.25) is 0 Å². The molecule has 2 aromatic carbocycles. The van der Waals surface area contributed by atoms with Crippen LogP contribution >= 0.6 is 11.6 Å². The molecule has 0 fully saturated rings. The standard InChI is InChI=1S/C20H23ClF3N3/c1-5-26(3)13-25-18-10-14(2)19(11-17(18)21)27(4)12-15-6-8-16(9-7-15)20(22,23)24/h6-11,13H,5,12H2,1-4H3. The second kappa shape index (κ2) is 8.65. The Morgan fingerprint density at radius 2 is 1.74 bits per heavy atom. The Bertz CT molecular complexity index is 801. The molecule has 0 aliphatic carbocycles. The first-order valence-electron chi connectivity index (χ1n) is 8.53. The topological polar surface area (TPSA) is 18.8 Å². The molecule has 2 rings (SSSR count). The summed E-state index contributed by atoms with van der Waals surface area (Å²) < 4.78 is 38.0. The summed E-state index contributed by atoms with van der Waals surface area (Å²) in [5, 5.41) is 0.524. The Morgan fingerprint density at radius 3 is 2.30 bits per heavy atom. The Balaban J connectivity index is 2.17. The number of halogens is 4. The molecule has 7 heteroatoms. The van der Waals surface area contributed by atoms with E-state index in [4.69, 9.17) is 11.6 Å². The summed E-state index contributed by atoms with van der Waals surface area (Å²) in [6.07, 6.45) is -2.59. The second-order valence-corrected chi connectivity index (χ2v) is 6.87. The molecule has 27 heavy (non-hydrogen) atoms. The van der Waals surface area contributed by atoms with Crippen molar-refractivity contribution in [3.63, 3.8) is 0 Å². The van der Waals surface area contributed by atoms with E-state index in [0.29, 0.717) is 17.3 Å². The van der Waals surface area contributed by atoms with E-state index in [-0.39, 0.29) is 0 Å². The Labute approximate surface area is 163 Å². The van der Waals surface area contributed by atoms with Crippen molar-refractivity contribution < 1.29 is 13.2 Å². The summed E-state index contributed by atoms with van der Waals surface area (Å²) in [6.45, 7) is 5.29. The maximum absolute atomic E-state index is 12.7. The van der Waals surface area contributed by atoms with Crippen molar-refractivity contribution in [3.8, 4) is 0 Å². The molecule has 0 aliphatic heterocycles. The highest BCUT2D eigenvalue weighted by atomic mass is 35.5. The largest absolute Gasteiger partial charge is 0.416 e. The zero-order valence-electron chi connectivity index (χ0n) is 15.8. The average Bonchev–Trinajstić information content (AvgIpc) is 2.61. The van der Waals surface area contributed by atoms with Crippen molar-refractivity contribution in [2.75, 3.05) is 25.5 Å². The Hall–Kier alpha value is -2.21. The molecule has 0 aliphatic rings. The van der Waals surface area contributed by atoms with Gasteiger partial charge in [-0.05, 0) is 49.2 Å². The van der Waals surface area contributed by atoms with Crippen LogP contribution in [-0.2, 0) is 12.7 Å². The van der Waals surface area contributed by atoms with Crippen LogP contribution in [0.25, 0.3) is 0 Å². The van der Waals surface area contributed by atoms with Crippen LogP contribution in [0, 0.1) is 6.92 Å². The van der Waals surface area contributed by atoms with Crippen molar-refractivity contribution in [1.82, 2.24) is 4.90 Å². The van der Waals surface area contributed by atoms with Gasteiger partial charge in [0, 0.05) is 32.9 Å². The van der Waals surface area contributed by atoms with Crippen molar-refractivity contribution in [1.29, 1.82) is 0 Å². The lowest BCUT2D eigenvalue weighted by Gasteiger charge is -2.22. The fraction of sp³-hybridized carbons (Fsp3) is 0.350. The third-order valence-corrected chi connectivity index (χ3v) is 4.57. The Morgan fingerprint density at radius 1 is 1.11 bits per heavy atom. The van der Waals surface area contributed by atoms with Crippen LogP contribution in [0.15, 0.2) is 41.4 Å². The van der Waals surface area contributed by atoms with Crippen LogP contribution in [0.2, 0.25) is 5.02 Å². The van der Waals surface area contributed by atoms with E-state index in [2.05, 4.69) is 4.99 Å². The number of anilines is 1. The minimum Gasteiger partial charge on any atom is -0.370 e. The zero-order valence-corrected chi connectivity index (χ0v) is 16.6. The number of hydrogen-bond acceptors (Lipinski definition) is 2. The molecule has 0 atom stereocenters. The minimum absolute atomic E-state index is 0.469. The normalized spacial score (nSPS) is 11.9. The number of aryl methyl sites for hydroxylation is 1. The number of aliphatic imine (C=N–C) groups is 1. The van der Waals surface area contributed by atoms with Crippen molar-refractivity contribution >= 4 is 29.3 Å². The molecule has 0 heterocycles. The molecule has 0 radical (unpaired) electrons. The molecule has 0 saturated heterocycles. The van der Waals surface area contributed by atoms with Crippen LogP contribution in [0.3, 0.4) is 0 Å². The van der Waals surface area contributed by atoms with Gasteiger partial charge < -0.3 is 9.80 Å². The van der Waals surface area contributed by atoms with Crippen LogP contribution < -0.4 is 4.90 Å². The van der Waals surface area contributed by atoms with Crippen molar-refractivity contribution in [2.45, 2.75) is 26.6 Å². The summed E-state index contributed by atoms with van der Waals surface area (Å²) in [5.74, 6) is 0. The van der Waals surface area contributed by atoms with Gasteiger partial charge in [-0.15, -0.1) is 0 Å². The molecule has 0 spiro atoms. The van der Waals surface area contributed by atoms with Crippen LogP contribution in [0.4, 0.5) is 24.5 Å². The lowest BCUT2D eigenvalue weighted by molar-refractivity contribution is -0.137. The van der Waals surface area contributed by atoms with Crippen LogP contribution in [0.5, 0.6) is 0 Å². The molecule has 0 aromatic heterocycles. The van der Waals surface area contributed by atoms with Gasteiger partial charge in [-0.25, -0.2) is 4.99 Å². The summed E-state index contributed by atoms with van der Waals surface area (Å²) in [7, 11) is 3.81. The minimum atomic E-state index is -4.32. The SMILES string of the molecule is CCN(C)C=Nc1cc(C)c(N(C)Cc2ccc(C(F)(F)F)cc2)cc1Cl. The molecule has 0 saturated carbocycles. The summed E-state index contributed by atoms with van der Waals surface area (Å²) >= 11 is 6.36. The fourth-order valence-corrected chi connectivity index (χ4v) is 2.77. The van der Waals surface area contributed by atoms with Crippen molar-refractivity contribution in [3.05, 3.63) is 58.1 Å². The molecule has 2 aromatic rings. The number of rotatable bonds is 6. The van der Waals surface area contributed by atoms with Gasteiger partial charge in [0.2, 0.25) is 0 Å². The van der Waals surface area contributed by atoms with Gasteiger partial charge in [0.25, 0.3) is 0 Å². The molecule has 0 N–H and O–H groups in total. The van der Waals surface area contributed by atoms with Gasteiger partial charge in [-0.2, -0.15) is 13.2 Å². The molecule has 0 unspecified atom stereocenters. The van der Waals surface area contributed by atoms with E-state index in [9.17, 15) is 13.2 Å². The van der Waals surface area contributed by atoms with Gasteiger partial charge in [0.15, 0.2) is 0 Å². The van der Waals surface area contributed by atoms with E-state index in [1.165, 1.54) is 12.1 Å². The molecular formula is C20H23ClF3N3. The predicted octanol–water partition coefficient (Wildman–Crippen LogP) is 5.92. The predicted molar refractivity (Wildman–Crippen MR) is 106 cm³/mol. The van der Waals surface area contributed by atoms with Crippen molar-refractivity contribution in [2.24, 2.45) is 4.99 Å². The molecule has 0 amide bonds. The van der Waals surface area contributed by atoms with E-state index >= 15 is 0 Å². The van der Waals surface area contributed by atoms with E-state index in [1.807, 2.05) is 49.9 Å². The number of hydrogen-bond donors (Lipinski definition) is 0. The summed E-state index contributed by atoms with van der Waals surface area (Å²) in [5.41, 5.74) is 2.71. The number of alkyl halides is 3. The highest BCUT2D eigenvalue weighted by molar-refractivity contribution is 6.33. The quantitative estimate of drug-likeness (QED) is 0.445. The second-order valence-electron chi connectivity index (χ2n) is 6.46. The van der Waals surface area contributed by atoms with E-state index in [1.54, 1.807) is 6.34 Å². The third kappa shape index (κ3) is 5.63. The molecule has 146 valence electrons. The lowest BCUT2D eigenvalue weighted by Crippen LogP contribution is -2.17. The fourth-order valence-electron chi connectivity index (χ4n) is 2.57. The lowest BCUT2D eigenvalue weighted by atomic mass is 10.1. The van der Waals surface area contributed by atoms with Crippen LogP contribution in [0.1, 0.15) is 23.6 Å². The smallest absolute Gasteiger partial charge is 0.370 e. The first-order valence-corrected chi connectivity index (χ1v) is 8.91. The zero-order chi connectivity index (χ0) is 20.2. The molecule has 3 nitrogen and oxygen atoms in total. The third-order valence-electron chi connectivity index (χ3n) is 4.27. The Kier molecular flexibility index (Phi) is 6.76. The van der Waals surface area contributed by atoms with Crippen LogP contribution in [-0.4, -0.2) is 31.9 Å². The van der Waals surface area contributed by atoms with Gasteiger partial charge >= 0.3 is 6.18 Å². The van der Waals surface area contributed by atoms with E-state index < -0.39 is 11.7 Å². The van der Waals surface area contributed by atoms with E-state index in [0.717, 1.165) is 35.5 Å². The molecular weight excluding hydrogens is 375 g/mol. The molecule has 0 bridgehead atoms. The monoisotopic (exact) mass is 397 g/mol. The first kappa shape index (κ1) is 21.1. The maximum Gasteiger partial charge on any atom is 0.416 e. The number of benzene rings is 2. The van der Waals surface area contributed by atoms with Gasteiger partial charge in [-0.1, -0.05) is 23.7 Å². The first-order chi connectivity index (χ1) is 12.6. The highest BCUT2D eigenvalue weighted by Crippen LogP contribution is 2.33. The van der Waals surface area contributed by atoms with Gasteiger partial charge in [0.1, 0.15) is 0 Å². The van der Waals surface area contributed by atoms with Gasteiger partial charge in [0.05, 0.1) is 22.6 Å². The summed E-state index contributed by atoms with van der Waals surface area (Å²) in [6, 6.07) is 8.93. The summed E-state index contributed by atoms with van der Waals surface area (Å²) in [4.78, 5) is 8.29. The maximum atomic E-state index is 12.7.